The Morgan fingerprint density at radius 3 is 2.87 bits per heavy atom. The fourth-order valence-electron chi connectivity index (χ4n) is 3.44. The highest BCUT2D eigenvalue weighted by Crippen LogP contribution is 2.36. The van der Waals surface area contributed by atoms with Crippen molar-refractivity contribution in [2.24, 2.45) is 10.7 Å². The highest BCUT2D eigenvalue weighted by molar-refractivity contribution is 6.26. The number of Topliss-reactive ketones (excluding diaryl/α,β-unsaturated/α-hetero) is 1. The Morgan fingerprint density at radius 1 is 1.39 bits per heavy atom. The molecule has 1 fully saturated rings. The SMILES string of the molecule is NC1=CC2=NCCc3cn(C4O[C@H](CO)[C@@H](O)[C@H]4O)c(c32)C1=O. The standard InChI is InChI=1S/C15H17N3O5/c16-7-3-8-10-6(1-2-17-8)4-18(11(10)12(7)20)15-14(22)13(21)9(5-19)23-15/h3-4,9,13-15,19,21-22H,1-2,5,16H2/t9-,13-,14-,15?/m1/s1. The molecule has 3 heterocycles. The molecule has 2 aliphatic heterocycles. The van der Waals surface area contributed by atoms with Gasteiger partial charge in [-0.25, -0.2) is 0 Å². The van der Waals surface area contributed by atoms with Crippen molar-refractivity contribution >= 4 is 11.5 Å². The van der Waals surface area contributed by atoms with Crippen molar-refractivity contribution in [2.45, 2.75) is 31.0 Å². The monoisotopic (exact) mass is 319 g/mol. The summed E-state index contributed by atoms with van der Waals surface area (Å²) in [6.07, 6.45) is -0.359. The van der Waals surface area contributed by atoms with E-state index in [0.717, 1.165) is 5.56 Å². The maximum Gasteiger partial charge on any atom is 0.225 e. The van der Waals surface area contributed by atoms with Gasteiger partial charge in [-0.1, -0.05) is 0 Å². The van der Waals surface area contributed by atoms with E-state index in [4.69, 9.17) is 10.5 Å². The molecular weight excluding hydrogens is 302 g/mol. The molecule has 1 aliphatic carbocycles. The van der Waals surface area contributed by atoms with E-state index in [1.165, 1.54) is 4.57 Å². The normalized spacial score (nSPS) is 32.6. The number of nitrogens with zero attached hydrogens (tertiary/aromatic N) is 2. The van der Waals surface area contributed by atoms with Crippen LogP contribution in [0.1, 0.15) is 27.8 Å². The lowest BCUT2D eigenvalue weighted by atomic mass is 9.92. The predicted octanol–water partition coefficient (Wildman–Crippen LogP) is -1.52. The van der Waals surface area contributed by atoms with Gasteiger partial charge in [0.25, 0.3) is 0 Å². The molecule has 0 amide bonds. The van der Waals surface area contributed by atoms with Gasteiger partial charge in [-0.2, -0.15) is 0 Å². The quantitative estimate of drug-likeness (QED) is 0.524. The first-order valence-electron chi connectivity index (χ1n) is 7.45. The van der Waals surface area contributed by atoms with Gasteiger partial charge in [0, 0.05) is 18.3 Å². The Balaban J connectivity index is 1.85. The summed E-state index contributed by atoms with van der Waals surface area (Å²) in [5.41, 5.74) is 8.50. The Morgan fingerprint density at radius 2 is 2.17 bits per heavy atom. The van der Waals surface area contributed by atoms with Gasteiger partial charge in [0.2, 0.25) is 5.78 Å². The lowest BCUT2D eigenvalue weighted by Crippen LogP contribution is -2.34. The number of aliphatic hydroxyl groups excluding tert-OH is 3. The third kappa shape index (κ3) is 1.93. The van der Waals surface area contributed by atoms with Gasteiger partial charge in [-0.3, -0.25) is 9.79 Å². The molecule has 3 aliphatic rings. The van der Waals surface area contributed by atoms with Crippen molar-refractivity contribution in [2.75, 3.05) is 13.2 Å². The van der Waals surface area contributed by atoms with E-state index < -0.39 is 31.1 Å². The molecule has 1 aromatic heterocycles. The number of hydrogen-bond acceptors (Lipinski definition) is 7. The van der Waals surface area contributed by atoms with Crippen LogP contribution in [-0.4, -0.2) is 62.8 Å². The van der Waals surface area contributed by atoms with E-state index in [9.17, 15) is 20.1 Å². The number of hydrogen-bond donors (Lipinski definition) is 4. The molecular formula is C15H17N3O5. The number of carbonyl (C=O) groups excluding carboxylic acids is 1. The van der Waals surface area contributed by atoms with E-state index in [-0.39, 0.29) is 11.5 Å². The predicted molar refractivity (Wildman–Crippen MR) is 79.2 cm³/mol. The van der Waals surface area contributed by atoms with Crippen molar-refractivity contribution in [3.05, 3.63) is 34.8 Å². The zero-order valence-corrected chi connectivity index (χ0v) is 12.2. The zero-order valence-electron chi connectivity index (χ0n) is 12.2. The molecule has 122 valence electrons. The number of ketones is 1. The Kier molecular flexibility index (Phi) is 3.17. The molecule has 0 bridgehead atoms. The van der Waals surface area contributed by atoms with Gasteiger partial charge in [-0.15, -0.1) is 0 Å². The maximum atomic E-state index is 12.5. The fourth-order valence-corrected chi connectivity index (χ4v) is 3.44. The van der Waals surface area contributed by atoms with Crippen LogP contribution in [-0.2, 0) is 11.2 Å². The summed E-state index contributed by atoms with van der Waals surface area (Å²) in [4.78, 5) is 16.9. The summed E-state index contributed by atoms with van der Waals surface area (Å²) >= 11 is 0. The Bertz CT molecular complexity index is 751. The fraction of sp³-hybridized carbons (Fsp3) is 0.467. The third-order valence-electron chi connectivity index (χ3n) is 4.59. The third-order valence-corrected chi connectivity index (χ3v) is 4.59. The van der Waals surface area contributed by atoms with E-state index in [0.29, 0.717) is 29.9 Å². The highest BCUT2D eigenvalue weighted by Gasteiger charge is 2.45. The minimum Gasteiger partial charge on any atom is -0.395 e. The average Bonchev–Trinajstić information content (AvgIpc) is 3.05. The number of nitrogens with two attached hydrogens (primary N) is 1. The second kappa shape index (κ2) is 5.00. The van der Waals surface area contributed by atoms with Crippen LogP contribution in [0.15, 0.2) is 23.0 Å². The molecule has 0 radical (unpaired) electrons. The van der Waals surface area contributed by atoms with Gasteiger partial charge in [0.1, 0.15) is 24.0 Å². The zero-order chi connectivity index (χ0) is 16.3. The van der Waals surface area contributed by atoms with Crippen molar-refractivity contribution in [1.29, 1.82) is 0 Å². The molecule has 8 nitrogen and oxygen atoms in total. The molecule has 23 heavy (non-hydrogen) atoms. The topological polar surface area (TPSA) is 130 Å². The van der Waals surface area contributed by atoms with Crippen LogP contribution < -0.4 is 5.73 Å². The van der Waals surface area contributed by atoms with Crippen molar-refractivity contribution in [3.8, 4) is 0 Å². The number of rotatable bonds is 2. The number of ether oxygens (including phenoxy) is 1. The molecule has 1 unspecified atom stereocenters. The molecule has 8 heteroatoms. The minimum absolute atomic E-state index is 0.0794. The maximum absolute atomic E-state index is 12.5. The lowest BCUT2D eigenvalue weighted by Gasteiger charge is -2.22. The van der Waals surface area contributed by atoms with Gasteiger partial charge in [-0.05, 0) is 18.1 Å². The van der Waals surface area contributed by atoms with E-state index >= 15 is 0 Å². The number of carbonyl (C=O) groups is 1. The van der Waals surface area contributed by atoms with E-state index in [2.05, 4.69) is 4.99 Å². The molecule has 0 aromatic carbocycles. The second-order valence-electron chi connectivity index (χ2n) is 5.96. The number of aromatic nitrogens is 1. The molecule has 0 spiro atoms. The minimum atomic E-state index is -1.25. The van der Waals surface area contributed by atoms with E-state index in [1.807, 2.05) is 0 Å². The molecule has 1 aromatic rings. The first-order valence-corrected chi connectivity index (χ1v) is 7.45. The van der Waals surface area contributed by atoms with Crippen molar-refractivity contribution < 1.29 is 24.9 Å². The van der Waals surface area contributed by atoms with Crippen LogP contribution in [0.5, 0.6) is 0 Å². The Labute approximate surface area is 131 Å². The largest absolute Gasteiger partial charge is 0.395 e. The number of aliphatic imine (C=N–C) groups is 1. The van der Waals surface area contributed by atoms with Gasteiger partial charge in [0.15, 0.2) is 6.23 Å². The van der Waals surface area contributed by atoms with E-state index in [1.54, 1.807) is 12.3 Å². The summed E-state index contributed by atoms with van der Waals surface area (Å²) < 4.78 is 7.06. The van der Waals surface area contributed by atoms with Crippen LogP contribution in [0.4, 0.5) is 0 Å². The molecule has 4 rings (SSSR count). The molecule has 5 N–H and O–H groups in total. The van der Waals surface area contributed by atoms with Crippen LogP contribution in [0.2, 0.25) is 0 Å². The summed E-state index contributed by atoms with van der Waals surface area (Å²) in [6.45, 7) is 0.174. The first-order chi connectivity index (χ1) is 11.0. The number of aliphatic hydroxyl groups is 3. The van der Waals surface area contributed by atoms with Crippen LogP contribution in [0, 0.1) is 0 Å². The van der Waals surface area contributed by atoms with Crippen molar-refractivity contribution in [1.82, 2.24) is 4.57 Å². The smallest absolute Gasteiger partial charge is 0.225 e. The van der Waals surface area contributed by atoms with Gasteiger partial charge in [0.05, 0.1) is 18.0 Å². The van der Waals surface area contributed by atoms with Crippen LogP contribution in [0.25, 0.3) is 0 Å². The molecule has 0 saturated carbocycles. The summed E-state index contributed by atoms with van der Waals surface area (Å²) in [5.74, 6) is -0.357. The summed E-state index contributed by atoms with van der Waals surface area (Å²) in [7, 11) is 0. The molecule has 1 saturated heterocycles. The summed E-state index contributed by atoms with van der Waals surface area (Å²) in [6, 6.07) is 0. The first kappa shape index (κ1) is 14.6. The second-order valence-corrected chi connectivity index (χ2v) is 5.96. The number of allylic oxidation sites excluding steroid dienone is 2. The summed E-state index contributed by atoms with van der Waals surface area (Å²) in [5, 5.41) is 29.4. The van der Waals surface area contributed by atoms with Crippen molar-refractivity contribution in [3.63, 3.8) is 0 Å². The molecule has 4 atom stereocenters. The highest BCUT2D eigenvalue weighted by atomic mass is 16.6. The van der Waals surface area contributed by atoms with Gasteiger partial charge >= 0.3 is 0 Å². The lowest BCUT2D eigenvalue weighted by molar-refractivity contribution is -0.0532. The Hall–Kier alpha value is -2.00. The van der Waals surface area contributed by atoms with Crippen LogP contribution in [0.3, 0.4) is 0 Å². The average molecular weight is 319 g/mol. The van der Waals surface area contributed by atoms with Crippen LogP contribution >= 0.6 is 0 Å². The van der Waals surface area contributed by atoms with Gasteiger partial charge < -0.3 is 30.4 Å².